The number of hydrogen-bond acceptors (Lipinski definition) is 4. The fourth-order valence-corrected chi connectivity index (χ4v) is 2.20. The van der Waals surface area contributed by atoms with Crippen LogP contribution in [0.2, 0.25) is 0 Å². The van der Waals surface area contributed by atoms with E-state index in [1.54, 1.807) is 12.0 Å². The molecule has 5 nitrogen and oxygen atoms in total. The Bertz CT molecular complexity index is 444. The van der Waals surface area contributed by atoms with Crippen LogP contribution in [0.25, 0.3) is 0 Å². The molecule has 1 aromatic carbocycles. The summed E-state index contributed by atoms with van der Waals surface area (Å²) in [6.45, 7) is 4.15. The number of carbonyl (C=O) groups is 1. The van der Waals surface area contributed by atoms with Crippen molar-refractivity contribution >= 4 is 5.91 Å². The summed E-state index contributed by atoms with van der Waals surface area (Å²) in [7, 11) is 3.48. The molecule has 0 aliphatic carbocycles. The molecule has 0 bridgehead atoms. The van der Waals surface area contributed by atoms with Crippen molar-refractivity contribution in [2.75, 3.05) is 47.0 Å². The number of ether oxygens (including phenoxy) is 2. The standard InChI is InChI=1S/C15H22N2O3/c1-16(11-13-4-3-5-14(10-13)19-2)15(18)12-17-6-8-20-9-7-17/h3-5,10H,6-9,11-12H2,1-2H3. The summed E-state index contributed by atoms with van der Waals surface area (Å²) in [5.41, 5.74) is 1.07. The van der Waals surface area contributed by atoms with E-state index < -0.39 is 0 Å². The van der Waals surface area contributed by atoms with Crippen LogP contribution >= 0.6 is 0 Å². The van der Waals surface area contributed by atoms with Gasteiger partial charge in [-0.25, -0.2) is 0 Å². The van der Waals surface area contributed by atoms with Gasteiger partial charge in [0.15, 0.2) is 0 Å². The first-order valence-corrected chi connectivity index (χ1v) is 6.86. The maximum Gasteiger partial charge on any atom is 0.236 e. The van der Waals surface area contributed by atoms with Gasteiger partial charge in [-0.3, -0.25) is 9.69 Å². The second-order valence-electron chi connectivity index (χ2n) is 4.99. The van der Waals surface area contributed by atoms with Crippen LogP contribution < -0.4 is 4.74 Å². The molecule has 2 rings (SSSR count). The normalized spacial score (nSPS) is 15.9. The summed E-state index contributed by atoms with van der Waals surface area (Å²) >= 11 is 0. The van der Waals surface area contributed by atoms with Gasteiger partial charge in [-0.15, -0.1) is 0 Å². The molecule has 1 aromatic rings. The van der Waals surface area contributed by atoms with E-state index in [1.807, 2.05) is 31.3 Å². The van der Waals surface area contributed by atoms with Crippen LogP contribution in [0.5, 0.6) is 5.75 Å². The zero-order valence-corrected chi connectivity index (χ0v) is 12.2. The van der Waals surface area contributed by atoms with Gasteiger partial charge in [0.05, 0.1) is 26.9 Å². The molecule has 1 saturated heterocycles. The Kier molecular flexibility index (Phi) is 5.38. The number of morpholine rings is 1. The second-order valence-corrected chi connectivity index (χ2v) is 4.99. The maximum absolute atomic E-state index is 12.2. The summed E-state index contributed by atoms with van der Waals surface area (Å²) < 4.78 is 10.5. The van der Waals surface area contributed by atoms with Crippen LogP contribution in [-0.2, 0) is 16.1 Å². The summed E-state index contributed by atoms with van der Waals surface area (Å²) in [6, 6.07) is 7.80. The predicted octanol–water partition coefficient (Wildman–Crippen LogP) is 0.986. The third-order valence-electron chi connectivity index (χ3n) is 3.44. The van der Waals surface area contributed by atoms with Crippen molar-refractivity contribution in [2.24, 2.45) is 0 Å². The minimum atomic E-state index is 0.134. The lowest BCUT2D eigenvalue weighted by Crippen LogP contribution is -2.43. The lowest BCUT2D eigenvalue weighted by Gasteiger charge is -2.28. The number of benzene rings is 1. The number of methoxy groups -OCH3 is 1. The van der Waals surface area contributed by atoms with E-state index in [9.17, 15) is 4.79 Å². The molecule has 0 N–H and O–H groups in total. The summed E-state index contributed by atoms with van der Waals surface area (Å²) in [4.78, 5) is 16.1. The first-order valence-electron chi connectivity index (χ1n) is 6.86. The largest absolute Gasteiger partial charge is 0.497 e. The van der Waals surface area contributed by atoms with E-state index in [0.717, 1.165) is 24.4 Å². The number of hydrogen-bond donors (Lipinski definition) is 0. The Labute approximate surface area is 120 Å². The smallest absolute Gasteiger partial charge is 0.236 e. The van der Waals surface area contributed by atoms with Gasteiger partial charge in [0, 0.05) is 26.7 Å². The van der Waals surface area contributed by atoms with Gasteiger partial charge in [0.2, 0.25) is 5.91 Å². The van der Waals surface area contributed by atoms with Crippen LogP contribution in [0.4, 0.5) is 0 Å². The van der Waals surface area contributed by atoms with Crippen LogP contribution in [0.15, 0.2) is 24.3 Å². The molecule has 0 aromatic heterocycles. The van der Waals surface area contributed by atoms with Gasteiger partial charge in [0.25, 0.3) is 0 Å². The quantitative estimate of drug-likeness (QED) is 0.805. The first-order chi connectivity index (χ1) is 9.69. The van der Waals surface area contributed by atoms with Crippen molar-refractivity contribution in [3.05, 3.63) is 29.8 Å². The van der Waals surface area contributed by atoms with E-state index >= 15 is 0 Å². The van der Waals surface area contributed by atoms with Gasteiger partial charge < -0.3 is 14.4 Å². The number of amides is 1. The molecular weight excluding hydrogens is 256 g/mol. The van der Waals surface area contributed by atoms with E-state index in [2.05, 4.69) is 4.90 Å². The first kappa shape index (κ1) is 14.8. The van der Waals surface area contributed by atoms with Crippen molar-refractivity contribution in [3.63, 3.8) is 0 Å². The number of rotatable bonds is 5. The van der Waals surface area contributed by atoms with Crippen molar-refractivity contribution < 1.29 is 14.3 Å². The fraction of sp³-hybridized carbons (Fsp3) is 0.533. The van der Waals surface area contributed by atoms with Crippen LogP contribution in [0, 0.1) is 0 Å². The third-order valence-corrected chi connectivity index (χ3v) is 3.44. The zero-order valence-electron chi connectivity index (χ0n) is 12.2. The van der Waals surface area contributed by atoms with E-state index in [4.69, 9.17) is 9.47 Å². The average molecular weight is 278 g/mol. The molecule has 1 fully saturated rings. The summed E-state index contributed by atoms with van der Waals surface area (Å²) in [5.74, 6) is 0.950. The molecule has 1 aliphatic heterocycles. The highest BCUT2D eigenvalue weighted by Crippen LogP contribution is 2.14. The molecule has 110 valence electrons. The molecule has 1 heterocycles. The molecule has 20 heavy (non-hydrogen) atoms. The molecule has 0 saturated carbocycles. The lowest BCUT2D eigenvalue weighted by atomic mass is 10.2. The molecule has 0 unspecified atom stereocenters. The topological polar surface area (TPSA) is 42.0 Å². The maximum atomic E-state index is 12.2. The molecule has 0 spiro atoms. The van der Waals surface area contributed by atoms with E-state index in [-0.39, 0.29) is 5.91 Å². The summed E-state index contributed by atoms with van der Waals surface area (Å²) in [5, 5.41) is 0. The van der Waals surface area contributed by atoms with Crippen molar-refractivity contribution in [1.29, 1.82) is 0 Å². The van der Waals surface area contributed by atoms with E-state index in [0.29, 0.717) is 26.3 Å². The molecule has 1 amide bonds. The molecule has 0 radical (unpaired) electrons. The lowest BCUT2D eigenvalue weighted by molar-refractivity contribution is -0.132. The van der Waals surface area contributed by atoms with Gasteiger partial charge in [-0.1, -0.05) is 12.1 Å². The van der Waals surface area contributed by atoms with Gasteiger partial charge in [0.1, 0.15) is 5.75 Å². The molecule has 1 aliphatic rings. The number of likely N-dealkylation sites (N-methyl/N-ethyl adjacent to an activating group) is 1. The van der Waals surface area contributed by atoms with Crippen LogP contribution in [-0.4, -0.2) is 62.7 Å². The summed E-state index contributed by atoms with van der Waals surface area (Å²) in [6.07, 6.45) is 0. The van der Waals surface area contributed by atoms with Gasteiger partial charge in [-0.05, 0) is 17.7 Å². The SMILES string of the molecule is COc1cccc(CN(C)C(=O)CN2CCOCC2)c1. The monoisotopic (exact) mass is 278 g/mol. The van der Waals surface area contributed by atoms with Gasteiger partial charge in [-0.2, -0.15) is 0 Å². The highest BCUT2D eigenvalue weighted by Gasteiger charge is 2.17. The molecule has 5 heteroatoms. The van der Waals surface area contributed by atoms with Gasteiger partial charge >= 0.3 is 0 Å². The highest BCUT2D eigenvalue weighted by atomic mass is 16.5. The molecular formula is C15H22N2O3. The minimum absolute atomic E-state index is 0.134. The van der Waals surface area contributed by atoms with Crippen molar-refractivity contribution in [2.45, 2.75) is 6.54 Å². The Morgan fingerprint density at radius 2 is 2.15 bits per heavy atom. The van der Waals surface area contributed by atoms with Crippen molar-refractivity contribution in [3.8, 4) is 5.75 Å². The Morgan fingerprint density at radius 3 is 2.85 bits per heavy atom. The molecule has 0 atom stereocenters. The van der Waals surface area contributed by atoms with Crippen LogP contribution in [0.3, 0.4) is 0 Å². The Hall–Kier alpha value is -1.59. The Balaban J connectivity index is 1.86. The minimum Gasteiger partial charge on any atom is -0.497 e. The number of nitrogens with zero attached hydrogens (tertiary/aromatic N) is 2. The highest BCUT2D eigenvalue weighted by molar-refractivity contribution is 5.78. The Morgan fingerprint density at radius 1 is 1.40 bits per heavy atom. The van der Waals surface area contributed by atoms with E-state index in [1.165, 1.54) is 0 Å². The fourth-order valence-electron chi connectivity index (χ4n) is 2.20. The average Bonchev–Trinajstić information content (AvgIpc) is 2.48. The second kappa shape index (κ2) is 7.26. The predicted molar refractivity (Wildman–Crippen MR) is 76.7 cm³/mol. The third kappa shape index (κ3) is 4.21. The van der Waals surface area contributed by atoms with Crippen LogP contribution in [0.1, 0.15) is 5.56 Å². The zero-order chi connectivity index (χ0) is 14.4. The van der Waals surface area contributed by atoms with Crippen molar-refractivity contribution in [1.82, 2.24) is 9.80 Å². The number of carbonyl (C=O) groups excluding carboxylic acids is 1.